The Kier molecular flexibility index (Phi) is 3.69. The standard InChI is InChI=1S/C17H13IO/c18-16-10-11-17(15-9-5-4-8-14(15)16)19-12-13-6-2-1-3-7-13/h1-11H,12H2. The maximum Gasteiger partial charge on any atom is 0.127 e. The highest BCUT2D eigenvalue weighted by Crippen LogP contribution is 2.29. The van der Waals surface area contributed by atoms with Gasteiger partial charge >= 0.3 is 0 Å². The average molecular weight is 360 g/mol. The zero-order chi connectivity index (χ0) is 13.1. The van der Waals surface area contributed by atoms with Crippen molar-refractivity contribution in [1.82, 2.24) is 0 Å². The molecular weight excluding hydrogens is 347 g/mol. The molecule has 0 atom stereocenters. The smallest absolute Gasteiger partial charge is 0.127 e. The molecule has 0 N–H and O–H groups in total. The van der Waals surface area contributed by atoms with E-state index in [1.54, 1.807) is 0 Å². The summed E-state index contributed by atoms with van der Waals surface area (Å²) in [6, 6.07) is 22.7. The summed E-state index contributed by atoms with van der Waals surface area (Å²) in [7, 11) is 0. The van der Waals surface area contributed by atoms with Crippen molar-refractivity contribution in [2.24, 2.45) is 0 Å². The Bertz CT molecular complexity index is 692. The highest BCUT2D eigenvalue weighted by atomic mass is 127. The minimum atomic E-state index is 0.603. The summed E-state index contributed by atoms with van der Waals surface area (Å²) in [5.74, 6) is 0.944. The fourth-order valence-electron chi connectivity index (χ4n) is 2.10. The molecule has 0 amide bonds. The van der Waals surface area contributed by atoms with E-state index in [4.69, 9.17) is 4.74 Å². The molecule has 0 saturated carbocycles. The van der Waals surface area contributed by atoms with Gasteiger partial charge in [-0.25, -0.2) is 0 Å². The Hall–Kier alpha value is -1.55. The third-order valence-corrected chi connectivity index (χ3v) is 4.01. The van der Waals surface area contributed by atoms with E-state index in [1.165, 1.54) is 19.9 Å². The normalized spacial score (nSPS) is 10.6. The van der Waals surface area contributed by atoms with Gasteiger partial charge in [-0.05, 0) is 45.7 Å². The number of hydrogen-bond donors (Lipinski definition) is 0. The largest absolute Gasteiger partial charge is 0.488 e. The Morgan fingerprint density at radius 2 is 1.42 bits per heavy atom. The molecule has 1 nitrogen and oxygen atoms in total. The molecule has 3 aromatic rings. The molecule has 0 radical (unpaired) electrons. The van der Waals surface area contributed by atoms with Crippen LogP contribution in [0.1, 0.15) is 5.56 Å². The van der Waals surface area contributed by atoms with Crippen LogP contribution < -0.4 is 4.74 Å². The first-order chi connectivity index (χ1) is 9.34. The molecular formula is C17H13IO. The predicted molar refractivity (Wildman–Crippen MR) is 87.4 cm³/mol. The van der Waals surface area contributed by atoms with E-state index >= 15 is 0 Å². The van der Waals surface area contributed by atoms with E-state index in [1.807, 2.05) is 30.3 Å². The van der Waals surface area contributed by atoms with Gasteiger partial charge in [0.1, 0.15) is 12.4 Å². The number of benzene rings is 3. The van der Waals surface area contributed by atoms with E-state index < -0.39 is 0 Å². The van der Waals surface area contributed by atoms with Crippen molar-refractivity contribution >= 4 is 33.4 Å². The summed E-state index contributed by atoms with van der Waals surface area (Å²) in [6.07, 6.45) is 0. The van der Waals surface area contributed by atoms with Gasteiger partial charge in [-0.15, -0.1) is 0 Å². The van der Waals surface area contributed by atoms with Gasteiger partial charge in [0.05, 0.1) is 0 Å². The van der Waals surface area contributed by atoms with Gasteiger partial charge in [0.25, 0.3) is 0 Å². The zero-order valence-corrected chi connectivity index (χ0v) is 12.5. The van der Waals surface area contributed by atoms with Gasteiger partial charge in [-0.3, -0.25) is 0 Å². The zero-order valence-electron chi connectivity index (χ0n) is 10.3. The quantitative estimate of drug-likeness (QED) is 0.596. The maximum atomic E-state index is 5.96. The van der Waals surface area contributed by atoms with Crippen molar-refractivity contribution < 1.29 is 4.74 Å². The van der Waals surface area contributed by atoms with Crippen LogP contribution in [0, 0.1) is 3.57 Å². The van der Waals surface area contributed by atoms with Crippen molar-refractivity contribution in [3.8, 4) is 5.75 Å². The van der Waals surface area contributed by atoms with Gasteiger partial charge in [-0.2, -0.15) is 0 Å². The van der Waals surface area contributed by atoms with E-state index in [0.29, 0.717) is 6.61 Å². The molecule has 0 heterocycles. The first-order valence-electron chi connectivity index (χ1n) is 6.18. The molecule has 3 rings (SSSR count). The lowest BCUT2D eigenvalue weighted by Crippen LogP contribution is -1.96. The molecule has 0 aromatic heterocycles. The van der Waals surface area contributed by atoms with Gasteiger partial charge < -0.3 is 4.74 Å². The van der Waals surface area contributed by atoms with Crippen LogP contribution in [0.2, 0.25) is 0 Å². The van der Waals surface area contributed by atoms with Crippen LogP contribution in [0.15, 0.2) is 66.7 Å². The summed E-state index contributed by atoms with van der Waals surface area (Å²) in [5.41, 5.74) is 1.19. The third kappa shape index (κ3) is 2.73. The van der Waals surface area contributed by atoms with Crippen molar-refractivity contribution in [2.45, 2.75) is 6.61 Å². The van der Waals surface area contributed by atoms with E-state index in [0.717, 1.165) is 5.75 Å². The molecule has 2 heteroatoms. The summed E-state index contributed by atoms with van der Waals surface area (Å²) in [4.78, 5) is 0. The van der Waals surface area contributed by atoms with Gasteiger partial charge in [-0.1, -0.05) is 54.6 Å². The molecule has 0 aliphatic heterocycles. The Morgan fingerprint density at radius 1 is 0.737 bits per heavy atom. The van der Waals surface area contributed by atoms with Crippen LogP contribution in [0.4, 0.5) is 0 Å². The first-order valence-corrected chi connectivity index (χ1v) is 7.26. The highest BCUT2D eigenvalue weighted by molar-refractivity contribution is 14.1. The van der Waals surface area contributed by atoms with E-state index in [2.05, 4.69) is 59.0 Å². The second kappa shape index (κ2) is 5.61. The molecule has 94 valence electrons. The molecule has 0 spiro atoms. The van der Waals surface area contributed by atoms with Crippen LogP contribution in [0.25, 0.3) is 10.8 Å². The van der Waals surface area contributed by atoms with E-state index in [9.17, 15) is 0 Å². The summed E-state index contributed by atoms with van der Waals surface area (Å²) < 4.78 is 7.21. The van der Waals surface area contributed by atoms with Crippen molar-refractivity contribution in [3.63, 3.8) is 0 Å². The summed E-state index contributed by atoms with van der Waals surface area (Å²) in [5, 5.41) is 2.42. The minimum absolute atomic E-state index is 0.603. The second-order valence-electron chi connectivity index (χ2n) is 4.37. The topological polar surface area (TPSA) is 9.23 Å². The third-order valence-electron chi connectivity index (χ3n) is 3.07. The lowest BCUT2D eigenvalue weighted by atomic mass is 10.1. The molecule has 0 aliphatic carbocycles. The molecule has 0 aliphatic rings. The van der Waals surface area contributed by atoms with Crippen LogP contribution in [-0.4, -0.2) is 0 Å². The first kappa shape index (κ1) is 12.5. The van der Waals surface area contributed by atoms with Gasteiger partial charge in [0.2, 0.25) is 0 Å². The van der Waals surface area contributed by atoms with Crippen molar-refractivity contribution in [1.29, 1.82) is 0 Å². The van der Waals surface area contributed by atoms with Gasteiger partial charge in [0.15, 0.2) is 0 Å². The fourth-order valence-corrected chi connectivity index (χ4v) is 2.75. The maximum absolute atomic E-state index is 5.96. The molecule has 0 unspecified atom stereocenters. The predicted octanol–water partition coefficient (Wildman–Crippen LogP) is 5.02. The summed E-state index contributed by atoms with van der Waals surface area (Å²) >= 11 is 2.36. The van der Waals surface area contributed by atoms with Crippen LogP contribution in [0.5, 0.6) is 5.75 Å². The molecule has 0 bridgehead atoms. The van der Waals surface area contributed by atoms with Crippen molar-refractivity contribution in [3.05, 3.63) is 75.9 Å². The van der Waals surface area contributed by atoms with Crippen LogP contribution in [-0.2, 0) is 6.61 Å². The molecule has 0 saturated heterocycles. The van der Waals surface area contributed by atoms with E-state index in [-0.39, 0.29) is 0 Å². The number of fused-ring (bicyclic) bond motifs is 1. The number of ether oxygens (including phenoxy) is 1. The monoisotopic (exact) mass is 360 g/mol. The SMILES string of the molecule is Ic1ccc(OCc2ccccc2)c2ccccc12. The van der Waals surface area contributed by atoms with Crippen LogP contribution in [0.3, 0.4) is 0 Å². The average Bonchev–Trinajstić information content (AvgIpc) is 2.48. The molecule has 19 heavy (non-hydrogen) atoms. The summed E-state index contributed by atoms with van der Waals surface area (Å²) in [6.45, 7) is 0.603. The highest BCUT2D eigenvalue weighted by Gasteiger charge is 2.04. The second-order valence-corrected chi connectivity index (χ2v) is 5.53. The minimum Gasteiger partial charge on any atom is -0.488 e. The lowest BCUT2D eigenvalue weighted by molar-refractivity contribution is 0.310. The Balaban J connectivity index is 1.91. The number of rotatable bonds is 3. The van der Waals surface area contributed by atoms with Crippen LogP contribution >= 0.6 is 22.6 Å². The molecule has 3 aromatic carbocycles. The number of hydrogen-bond acceptors (Lipinski definition) is 1. The number of halogens is 1. The molecule has 0 fully saturated rings. The Morgan fingerprint density at radius 3 is 2.21 bits per heavy atom. The van der Waals surface area contributed by atoms with Crippen molar-refractivity contribution in [2.75, 3.05) is 0 Å². The van der Waals surface area contributed by atoms with Gasteiger partial charge in [0, 0.05) is 8.96 Å². The lowest BCUT2D eigenvalue weighted by Gasteiger charge is -2.10. The fraction of sp³-hybridized carbons (Fsp3) is 0.0588. The Labute approximate surface area is 126 Å².